The lowest BCUT2D eigenvalue weighted by Gasteiger charge is -2.13. The van der Waals surface area contributed by atoms with Crippen molar-refractivity contribution in [2.45, 2.75) is 12.8 Å². The molecule has 0 aromatic heterocycles. The highest BCUT2D eigenvalue weighted by atomic mass is 79.9. The third kappa shape index (κ3) is 3.98. The molecule has 1 aromatic carbocycles. The molecule has 3 nitrogen and oxygen atoms in total. The Morgan fingerprint density at radius 2 is 2.35 bits per heavy atom. The van der Waals surface area contributed by atoms with Gasteiger partial charge in [0, 0.05) is 11.0 Å². The van der Waals surface area contributed by atoms with Gasteiger partial charge in [-0.05, 0) is 31.2 Å². The molecule has 17 heavy (non-hydrogen) atoms. The van der Waals surface area contributed by atoms with Gasteiger partial charge < -0.3 is 10.1 Å². The highest BCUT2D eigenvalue weighted by Crippen LogP contribution is 2.19. The van der Waals surface area contributed by atoms with E-state index in [1.807, 2.05) is 12.1 Å². The molecule has 0 fully saturated rings. The van der Waals surface area contributed by atoms with E-state index in [0.717, 1.165) is 29.6 Å². The van der Waals surface area contributed by atoms with Crippen molar-refractivity contribution in [1.82, 2.24) is 5.32 Å². The van der Waals surface area contributed by atoms with Gasteiger partial charge in [-0.3, -0.25) is 4.79 Å². The molecule has 0 amide bonds. The number of halogens is 1. The van der Waals surface area contributed by atoms with Gasteiger partial charge in [-0.25, -0.2) is 0 Å². The van der Waals surface area contributed by atoms with Gasteiger partial charge in [0.15, 0.2) is 0 Å². The van der Waals surface area contributed by atoms with Crippen molar-refractivity contribution in [3.05, 3.63) is 40.4 Å². The number of rotatable bonds is 3. The summed E-state index contributed by atoms with van der Waals surface area (Å²) >= 11 is 3.34. The van der Waals surface area contributed by atoms with Crippen molar-refractivity contribution in [2.24, 2.45) is 0 Å². The summed E-state index contributed by atoms with van der Waals surface area (Å²) in [6.45, 7) is 1.79. The Labute approximate surface area is 109 Å². The van der Waals surface area contributed by atoms with Gasteiger partial charge in [-0.1, -0.05) is 33.6 Å². The maximum Gasteiger partial charge on any atom is 0.315 e. The normalized spacial score (nSPS) is 15.2. The second kappa shape index (κ2) is 5.98. The number of hydrogen-bond donors (Lipinski definition) is 1. The summed E-state index contributed by atoms with van der Waals surface area (Å²) in [4.78, 5) is 11.7. The zero-order valence-corrected chi connectivity index (χ0v) is 11.0. The fraction of sp³-hybridized carbons (Fsp3) is 0.308. The molecule has 0 bridgehead atoms. The Hall–Kier alpha value is -1.13. The largest absolute Gasteiger partial charge is 0.426 e. The molecule has 0 unspecified atom stereocenters. The second-order valence-electron chi connectivity index (χ2n) is 3.92. The van der Waals surface area contributed by atoms with E-state index in [-0.39, 0.29) is 5.97 Å². The topological polar surface area (TPSA) is 38.3 Å². The molecular formula is C13H14BrNO2. The molecule has 0 atom stereocenters. The zero-order chi connectivity index (χ0) is 12.1. The van der Waals surface area contributed by atoms with Crippen molar-refractivity contribution >= 4 is 21.9 Å². The number of esters is 1. The smallest absolute Gasteiger partial charge is 0.315 e. The van der Waals surface area contributed by atoms with Crippen LogP contribution < -0.4 is 10.1 Å². The summed E-state index contributed by atoms with van der Waals surface area (Å²) in [5.74, 6) is 0.384. The molecule has 1 N–H and O–H groups in total. The zero-order valence-electron chi connectivity index (χ0n) is 9.41. The molecule has 1 heterocycles. The maximum absolute atomic E-state index is 11.7. The molecule has 0 saturated carbocycles. The van der Waals surface area contributed by atoms with E-state index in [0.29, 0.717) is 12.2 Å². The van der Waals surface area contributed by atoms with Crippen LogP contribution in [-0.4, -0.2) is 19.1 Å². The average Bonchev–Trinajstić information content (AvgIpc) is 2.30. The summed E-state index contributed by atoms with van der Waals surface area (Å²) in [5.41, 5.74) is 1.16. The van der Waals surface area contributed by atoms with Crippen LogP contribution in [0.4, 0.5) is 0 Å². The number of carbonyl (C=O) groups excluding carboxylic acids is 1. The van der Waals surface area contributed by atoms with Gasteiger partial charge in [0.2, 0.25) is 0 Å². The third-order valence-corrected chi connectivity index (χ3v) is 3.05. The molecule has 1 aromatic rings. The molecular weight excluding hydrogens is 282 g/mol. The van der Waals surface area contributed by atoms with Gasteiger partial charge in [0.1, 0.15) is 5.75 Å². The molecule has 1 aliphatic heterocycles. The third-order valence-electron chi connectivity index (χ3n) is 2.56. The number of ether oxygens (including phenoxy) is 1. The number of nitrogens with one attached hydrogen (secondary N) is 1. The summed E-state index contributed by atoms with van der Waals surface area (Å²) in [6.07, 6.45) is 3.37. The molecule has 0 spiro atoms. The van der Waals surface area contributed by atoms with Gasteiger partial charge in [-0.2, -0.15) is 0 Å². The first-order valence-electron chi connectivity index (χ1n) is 5.59. The minimum absolute atomic E-state index is 0.198. The van der Waals surface area contributed by atoms with E-state index in [2.05, 4.69) is 27.3 Å². The van der Waals surface area contributed by atoms with E-state index in [1.54, 1.807) is 12.1 Å². The van der Waals surface area contributed by atoms with Crippen molar-refractivity contribution in [1.29, 1.82) is 0 Å². The molecule has 90 valence electrons. The van der Waals surface area contributed by atoms with Crippen LogP contribution in [0.15, 0.2) is 40.4 Å². The highest BCUT2D eigenvalue weighted by Gasteiger charge is 2.10. The predicted molar refractivity (Wildman–Crippen MR) is 70.0 cm³/mol. The van der Waals surface area contributed by atoms with Crippen LogP contribution in [0.5, 0.6) is 5.75 Å². The Morgan fingerprint density at radius 1 is 1.47 bits per heavy atom. The fourth-order valence-electron chi connectivity index (χ4n) is 1.71. The Balaban J connectivity index is 1.91. The Morgan fingerprint density at radius 3 is 3.06 bits per heavy atom. The second-order valence-corrected chi connectivity index (χ2v) is 4.84. The maximum atomic E-state index is 11.7. The van der Waals surface area contributed by atoms with Gasteiger partial charge in [-0.15, -0.1) is 0 Å². The van der Waals surface area contributed by atoms with E-state index in [4.69, 9.17) is 4.74 Å². The van der Waals surface area contributed by atoms with Crippen LogP contribution >= 0.6 is 15.9 Å². The number of carbonyl (C=O) groups is 1. The molecule has 0 radical (unpaired) electrons. The van der Waals surface area contributed by atoms with Crippen LogP contribution in [0.25, 0.3) is 0 Å². The number of hydrogen-bond acceptors (Lipinski definition) is 3. The van der Waals surface area contributed by atoms with E-state index in [1.165, 1.54) is 0 Å². The Kier molecular flexibility index (Phi) is 4.34. The summed E-state index contributed by atoms with van der Waals surface area (Å²) in [5, 5.41) is 3.21. The monoisotopic (exact) mass is 295 g/mol. The lowest BCUT2D eigenvalue weighted by Crippen LogP contribution is -2.22. The van der Waals surface area contributed by atoms with Gasteiger partial charge in [0.05, 0.1) is 6.42 Å². The predicted octanol–water partition coefficient (Wildman–Crippen LogP) is 2.66. The van der Waals surface area contributed by atoms with E-state index < -0.39 is 0 Å². The first-order valence-corrected chi connectivity index (χ1v) is 6.38. The first kappa shape index (κ1) is 12.3. The minimum Gasteiger partial charge on any atom is -0.426 e. The molecule has 0 saturated heterocycles. The molecule has 4 heteroatoms. The van der Waals surface area contributed by atoms with Crippen molar-refractivity contribution in [3.8, 4) is 5.75 Å². The SMILES string of the molecule is O=C(CC1=CCNCC1)Oc1cccc(Br)c1. The van der Waals surface area contributed by atoms with Crippen LogP contribution in [0.3, 0.4) is 0 Å². The molecule has 2 rings (SSSR count). The van der Waals surface area contributed by atoms with Crippen molar-refractivity contribution in [2.75, 3.05) is 13.1 Å². The van der Waals surface area contributed by atoms with Crippen LogP contribution in [0, 0.1) is 0 Å². The lowest BCUT2D eigenvalue weighted by molar-refractivity contribution is -0.133. The minimum atomic E-state index is -0.198. The van der Waals surface area contributed by atoms with Crippen LogP contribution in [-0.2, 0) is 4.79 Å². The summed E-state index contributed by atoms with van der Waals surface area (Å²) in [7, 11) is 0. The van der Waals surface area contributed by atoms with E-state index in [9.17, 15) is 4.79 Å². The summed E-state index contributed by atoms with van der Waals surface area (Å²) in [6, 6.07) is 7.30. The highest BCUT2D eigenvalue weighted by molar-refractivity contribution is 9.10. The quantitative estimate of drug-likeness (QED) is 0.529. The first-order chi connectivity index (χ1) is 8.24. The average molecular weight is 296 g/mol. The van der Waals surface area contributed by atoms with E-state index >= 15 is 0 Å². The lowest BCUT2D eigenvalue weighted by atomic mass is 10.1. The van der Waals surface area contributed by atoms with Crippen molar-refractivity contribution in [3.63, 3.8) is 0 Å². The van der Waals surface area contributed by atoms with Crippen molar-refractivity contribution < 1.29 is 9.53 Å². The van der Waals surface area contributed by atoms with Crippen LogP contribution in [0.2, 0.25) is 0 Å². The van der Waals surface area contributed by atoms with Gasteiger partial charge >= 0.3 is 5.97 Å². The Bertz CT molecular complexity index is 443. The molecule has 0 aliphatic carbocycles. The molecule has 1 aliphatic rings. The van der Waals surface area contributed by atoms with Gasteiger partial charge in [0.25, 0.3) is 0 Å². The number of benzene rings is 1. The fourth-order valence-corrected chi connectivity index (χ4v) is 2.09. The van der Waals surface area contributed by atoms with Crippen LogP contribution in [0.1, 0.15) is 12.8 Å². The standard InChI is InChI=1S/C13H14BrNO2/c14-11-2-1-3-12(9-11)17-13(16)8-10-4-6-15-7-5-10/h1-4,9,15H,5-8H2. The summed E-state index contributed by atoms with van der Waals surface area (Å²) < 4.78 is 6.17.